The molecule has 1 amide bonds. The summed E-state index contributed by atoms with van der Waals surface area (Å²) in [6.45, 7) is 0.180. The Balaban J connectivity index is 2.76. The Kier molecular flexibility index (Phi) is 4.38. The van der Waals surface area contributed by atoms with Crippen LogP contribution < -0.4 is 5.32 Å². The molecule has 0 unspecified atom stereocenters. The van der Waals surface area contributed by atoms with Gasteiger partial charge >= 0.3 is 0 Å². The molecular formula is C9H9BrClNO2. The molecule has 1 rings (SSSR count). The van der Waals surface area contributed by atoms with E-state index in [9.17, 15) is 4.79 Å². The molecule has 0 saturated carbocycles. The molecular weight excluding hydrogens is 269 g/mol. The standard InChI is InChI=1S/C9H9BrClNO2/c10-7-5-6(1-2-8(7)11)9(14)12-3-4-13/h1-2,5,13H,3-4H2,(H,12,14). The molecule has 0 saturated heterocycles. The van der Waals surface area contributed by atoms with Crippen molar-refractivity contribution in [2.45, 2.75) is 0 Å². The van der Waals surface area contributed by atoms with E-state index in [1.165, 1.54) is 0 Å². The highest BCUT2D eigenvalue weighted by Gasteiger charge is 2.06. The van der Waals surface area contributed by atoms with E-state index in [1.807, 2.05) is 0 Å². The highest BCUT2D eigenvalue weighted by Crippen LogP contribution is 2.22. The molecule has 0 aromatic heterocycles. The molecule has 0 bridgehead atoms. The smallest absolute Gasteiger partial charge is 0.251 e. The van der Waals surface area contributed by atoms with Crippen molar-refractivity contribution in [1.29, 1.82) is 0 Å². The van der Waals surface area contributed by atoms with Gasteiger partial charge in [-0.2, -0.15) is 0 Å². The average Bonchev–Trinajstić information content (AvgIpc) is 2.18. The quantitative estimate of drug-likeness (QED) is 0.886. The second-order valence-electron chi connectivity index (χ2n) is 2.61. The van der Waals surface area contributed by atoms with Crippen molar-refractivity contribution in [3.8, 4) is 0 Å². The molecule has 0 aliphatic rings. The molecule has 1 aromatic rings. The topological polar surface area (TPSA) is 49.3 Å². The van der Waals surface area contributed by atoms with Crippen molar-refractivity contribution in [2.75, 3.05) is 13.2 Å². The van der Waals surface area contributed by atoms with Crippen LogP contribution in [-0.2, 0) is 0 Å². The van der Waals surface area contributed by atoms with Crippen LogP contribution in [0.5, 0.6) is 0 Å². The lowest BCUT2D eigenvalue weighted by molar-refractivity contribution is 0.0944. The van der Waals surface area contributed by atoms with Gasteiger partial charge in [-0.1, -0.05) is 11.6 Å². The zero-order chi connectivity index (χ0) is 10.6. The van der Waals surface area contributed by atoms with Crippen molar-refractivity contribution in [1.82, 2.24) is 5.32 Å². The lowest BCUT2D eigenvalue weighted by Crippen LogP contribution is -2.26. The van der Waals surface area contributed by atoms with Gasteiger partial charge < -0.3 is 10.4 Å². The largest absolute Gasteiger partial charge is 0.395 e. The molecule has 0 heterocycles. The van der Waals surface area contributed by atoms with Crippen molar-refractivity contribution in [3.63, 3.8) is 0 Å². The Morgan fingerprint density at radius 2 is 2.29 bits per heavy atom. The van der Waals surface area contributed by atoms with Gasteiger partial charge in [-0.15, -0.1) is 0 Å². The minimum absolute atomic E-state index is 0.0689. The van der Waals surface area contributed by atoms with Crippen LogP contribution in [0.1, 0.15) is 10.4 Å². The first-order valence-corrected chi connectivity index (χ1v) is 5.16. The van der Waals surface area contributed by atoms with Gasteiger partial charge in [-0.05, 0) is 34.1 Å². The third-order valence-corrected chi connectivity index (χ3v) is 2.79. The Morgan fingerprint density at radius 3 is 2.86 bits per heavy atom. The zero-order valence-electron chi connectivity index (χ0n) is 7.26. The van der Waals surface area contributed by atoms with Gasteiger partial charge in [0.2, 0.25) is 0 Å². The number of hydrogen-bond donors (Lipinski definition) is 2. The average molecular weight is 279 g/mol. The van der Waals surface area contributed by atoms with Gasteiger partial charge in [0.1, 0.15) is 0 Å². The molecule has 0 aliphatic carbocycles. The lowest BCUT2D eigenvalue weighted by atomic mass is 10.2. The third-order valence-electron chi connectivity index (χ3n) is 1.58. The van der Waals surface area contributed by atoms with E-state index < -0.39 is 0 Å². The van der Waals surface area contributed by atoms with Crippen LogP contribution in [0.3, 0.4) is 0 Å². The van der Waals surface area contributed by atoms with Gasteiger partial charge in [0, 0.05) is 16.6 Å². The molecule has 0 aliphatic heterocycles. The summed E-state index contributed by atoms with van der Waals surface area (Å²) in [5.41, 5.74) is 0.509. The summed E-state index contributed by atoms with van der Waals surface area (Å²) in [5, 5.41) is 11.6. The second kappa shape index (κ2) is 5.34. The molecule has 14 heavy (non-hydrogen) atoms. The number of aliphatic hydroxyl groups is 1. The Labute approximate surface area is 95.2 Å². The fourth-order valence-electron chi connectivity index (χ4n) is 0.909. The molecule has 0 fully saturated rings. The Morgan fingerprint density at radius 1 is 1.57 bits per heavy atom. The predicted octanol–water partition coefficient (Wildman–Crippen LogP) is 1.82. The number of hydrogen-bond acceptors (Lipinski definition) is 2. The molecule has 2 N–H and O–H groups in total. The predicted molar refractivity (Wildman–Crippen MR) is 58.6 cm³/mol. The molecule has 76 valence electrons. The van der Waals surface area contributed by atoms with Crippen molar-refractivity contribution in [3.05, 3.63) is 33.3 Å². The summed E-state index contributed by atoms with van der Waals surface area (Å²) in [7, 11) is 0. The molecule has 5 heteroatoms. The summed E-state index contributed by atoms with van der Waals surface area (Å²) in [5.74, 6) is -0.226. The maximum atomic E-state index is 11.4. The maximum absolute atomic E-state index is 11.4. The van der Waals surface area contributed by atoms with Gasteiger partial charge in [0.15, 0.2) is 0 Å². The molecule has 3 nitrogen and oxygen atoms in total. The number of rotatable bonds is 3. The first kappa shape index (κ1) is 11.5. The normalized spacial score (nSPS) is 9.93. The second-order valence-corrected chi connectivity index (χ2v) is 3.87. The summed E-state index contributed by atoms with van der Waals surface area (Å²) in [4.78, 5) is 11.4. The highest BCUT2D eigenvalue weighted by atomic mass is 79.9. The van der Waals surface area contributed by atoms with Crippen molar-refractivity contribution < 1.29 is 9.90 Å². The van der Waals surface area contributed by atoms with Crippen molar-refractivity contribution >= 4 is 33.4 Å². The Bertz CT molecular complexity index is 344. The lowest BCUT2D eigenvalue weighted by Gasteiger charge is -2.04. The van der Waals surface area contributed by atoms with Crippen LogP contribution in [0.4, 0.5) is 0 Å². The van der Waals surface area contributed by atoms with E-state index in [4.69, 9.17) is 16.7 Å². The van der Waals surface area contributed by atoms with E-state index in [1.54, 1.807) is 18.2 Å². The van der Waals surface area contributed by atoms with Crippen LogP contribution in [0.15, 0.2) is 22.7 Å². The van der Waals surface area contributed by atoms with Gasteiger partial charge in [0.05, 0.1) is 11.6 Å². The summed E-state index contributed by atoms with van der Waals surface area (Å²) in [6, 6.07) is 4.90. The van der Waals surface area contributed by atoms with E-state index in [2.05, 4.69) is 21.2 Å². The Hall–Kier alpha value is -0.580. The SMILES string of the molecule is O=C(NCCO)c1ccc(Cl)c(Br)c1. The van der Waals surface area contributed by atoms with Crippen LogP contribution in [-0.4, -0.2) is 24.2 Å². The monoisotopic (exact) mass is 277 g/mol. The van der Waals surface area contributed by atoms with Crippen molar-refractivity contribution in [2.24, 2.45) is 0 Å². The number of aliphatic hydroxyl groups excluding tert-OH is 1. The molecule has 0 spiro atoms. The fraction of sp³-hybridized carbons (Fsp3) is 0.222. The van der Waals surface area contributed by atoms with E-state index in [0.717, 1.165) is 0 Å². The van der Waals surface area contributed by atoms with Crippen LogP contribution in [0, 0.1) is 0 Å². The minimum Gasteiger partial charge on any atom is -0.395 e. The number of carbonyl (C=O) groups excluding carboxylic acids is 1. The molecule has 0 atom stereocenters. The first-order chi connectivity index (χ1) is 6.65. The highest BCUT2D eigenvalue weighted by molar-refractivity contribution is 9.10. The van der Waals surface area contributed by atoms with E-state index >= 15 is 0 Å². The molecule has 0 radical (unpaired) electrons. The van der Waals surface area contributed by atoms with Crippen LogP contribution in [0.25, 0.3) is 0 Å². The van der Waals surface area contributed by atoms with Gasteiger partial charge in [-0.3, -0.25) is 4.79 Å². The summed E-state index contributed by atoms with van der Waals surface area (Å²) >= 11 is 8.99. The first-order valence-electron chi connectivity index (χ1n) is 3.99. The third kappa shape index (κ3) is 2.97. The fourth-order valence-corrected chi connectivity index (χ4v) is 1.41. The molecule has 1 aromatic carbocycles. The number of amides is 1. The van der Waals surface area contributed by atoms with E-state index in [0.29, 0.717) is 15.1 Å². The summed E-state index contributed by atoms with van der Waals surface area (Å²) < 4.78 is 0.677. The summed E-state index contributed by atoms with van der Waals surface area (Å²) in [6.07, 6.45) is 0. The van der Waals surface area contributed by atoms with E-state index in [-0.39, 0.29) is 19.1 Å². The van der Waals surface area contributed by atoms with Crippen LogP contribution in [0.2, 0.25) is 5.02 Å². The van der Waals surface area contributed by atoms with Crippen LogP contribution >= 0.6 is 27.5 Å². The number of nitrogens with one attached hydrogen (secondary N) is 1. The minimum atomic E-state index is -0.226. The number of carbonyl (C=O) groups is 1. The zero-order valence-corrected chi connectivity index (χ0v) is 9.60. The number of benzene rings is 1. The van der Waals surface area contributed by atoms with Gasteiger partial charge in [-0.25, -0.2) is 0 Å². The maximum Gasteiger partial charge on any atom is 0.251 e. The number of halogens is 2. The van der Waals surface area contributed by atoms with Gasteiger partial charge in [0.25, 0.3) is 5.91 Å².